The fraction of sp³-hybridized carbons (Fsp3) is 0.0667. The van der Waals surface area contributed by atoms with Gasteiger partial charge in [-0.05, 0) is 45.8 Å². The maximum absolute atomic E-state index is 12.0. The summed E-state index contributed by atoms with van der Waals surface area (Å²) < 4.78 is 0.719. The molecule has 0 heterocycles. The number of amides is 1. The first-order valence-electron chi connectivity index (χ1n) is 5.93. The zero-order chi connectivity index (χ0) is 14.5. The Balaban J connectivity index is 2.06. The van der Waals surface area contributed by atoms with E-state index in [0.29, 0.717) is 5.56 Å². The van der Waals surface area contributed by atoms with Crippen LogP contribution in [0.3, 0.4) is 0 Å². The van der Waals surface area contributed by atoms with Gasteiger partial charge < -0.3 is 10.4 Å². The van der Waals surface area contributed by atoms with Gasteiger partial charge in [-0.1, -0.05) is 24.3 Å². The zero-order valence-electron chi connectivity index (χ0n) is 10.5. The minimum atomic E-state index is -0.982. The van der Waals surface area contributed by atoms with Gasteiger partial charge in [0.2, 0.25) is 0 Å². The topological polar surface area (TPSA) is 66.4 Å². The summed E-state index contributed by atoms with van der Waals surface area (Å²) in [4.78, 5) is 22.9. The van der Waals surface area contributed by atoms with E-state index in [1.54, 1.807) is 36.4 Å². The van der Waals surface area contributed by atoms with Crippen molar-refractivity contribution in [2.45, 2.75) is 6.54 Å². The number of hydrogen-bond donors (Lipinski definition) is 2. The lowest BCUT2D eigenvalue weighted by Crippen LogP contribution is -2.23. The third-order valence-electron chi connectivity index (χ3n) is 2.75. The second-order valence-electron chi connectivity index (χ2n) is 4.17. The number of hydrogen-bond acceptors (Lipinski definition) is 2. The quantitative estimate of drug-likeness (QED) is 0.903. The second kappa shape index (κ2) is 6.34. The van der Waals surface area contributed by atoms with Crippen molar-refractivity contribution in [1.82, 2.24) is 5.32 Å². The molecule has 0 saturated carbocycles. The lowest BCUT2D eigenvalue weighted by molar-refractivity contribution is 0.0696. The fourth-order valence-electron chi connectivity index (χ4n) is 1.74. The molecule has 0 radical (unpaired) electrons. The second-order valence-corrected chi connectivity index (χ2v) is 5.02. The molecule has 0 aliphatic heterocycles. The highest BCUT2D eigenvalue weighted by atomic mass is 79.9. The van der Waals surface area contributed by atoms with Crippen LogP contribution in [0.15, 0.2) is 53.0 Å². The predicted octanol–water partition coefficient (Wildman–Crippen LogP) is 3.08. The summed E-state index contributed by atoms with van der Waals surface area (Å²) in [6.45, 7) is 0.279. The highest BCUT2D eigenvalue weighted by Gasteiger charge is 2.09. The molecule has 0 spiro atoms. The first-order valence-corrected chi connectivity index (χ1v) is 6.72. The van der Waals surface area contributed by atoms with Crippen LogP contribution in [-0.4, -0.2) is 17.0 Å². The van der Waals surface area contributed by atoms with Crippen LogP contribution in [0.5, 0.6) is 0 Å². The number of carbonyl (C=O) groups is 2. The molecule has 2 aromatic carbocycles. The van der Waals surface area contributed by atoms with Gasteiger partial charge in [-0.15, -0.1) is 0 Å². The molecule has 1 amide bonds. The molecule has 0 aliphatic rings. The predicted molar refractivity (Wildman–Crippen MR) is 78.7 cm³/mol. The molecule has 0 unspecified atom stereocenters. The van der Waals surface area contributed by atoms with Crippen molar-refractivity contribution in [3.05, 3.63) is 69.7 Å². The highest BCUT2D eigenvalue weighted by molar-refractivity contribution is 9.10. The number of halogens is 1. The number of carboxylic acids is 1. The Hall–Kier alpha value is -2.14. The van der Waals surface area contributed by atoms with Crippen molar-refractivity contribution in [2.75, 3.05) is 0 Å². The molecule has 0 aromatic heterocycles. The Kier molecular flexibility index (Phi) is 4.53. The van der Waals surface area contributed by atoms with Crippen LogP contribution in [0, 0.1) is 0 Å². The highest BCUT2D eigenvalue weighted by Crippen LogP contribution is 2.15. The Morgan fingerprint density at radius 1 is 1.10 bits per heavy atom. The van der Waals surface area contributed by atoms with Gasteiger partial charge >= 0.3 is 5.97 Å². The number of carboxylic acid groups (broad SMARTS) is 1. The first-order chi connectivity index (χ1) is 9.58. The lowest BCUT2D eigenvalue weighted by atomic mass is 10.1. The van der Waals surface area contributed by atoms with Gasteiger partial charge in [0.1, 0.15) is 0 Å². The third kappa shape index (κ3) is 3.45. The van der Waals surface area contributed by atoms with E-state index in [0.717, 1.165) is 10.0 Å². The fourth-order valence-corrected chi connectivity index (χ4v) is 2.20. The van der Waals surface area contributed by atoms with Crippen LogP contribution in [0.1, 0.15) is 26.3 Å². The molecule has 102 valence electrons. The van der Waals surface area contributed by atoms with Crippen LogP contribution in [0.2, 0.25) is 0 Å². The molecule has 20 heavy (non-hydrogen) atoms. The molecular weight excluding hydrogens is 322 g/mol. The molecule has 0 fully saturated rings. The van der Waals surface area contributed by atoms with E-state index in [4.69, 9.17) is 5.11 Å². The zero-order valence-corrected chi connectivity index (χ0v) is 12.1. The third-order valence-corrected chi connectivity index (χ3v) is 3.44. The van der Waals surface area contributed by atoms with Crippen LogP contribution in [-0.2, 0) is 6.54 Å². The summed E-state index contributed by atoms with van der Waals surface area (Å²) in [5.41, 5.74) is 1.49. The van der Waals surface area contributed by atoms with Gasteiger partial charge in [-0.2, -0.15) is 0 Å². The normalized spacial score (nSPS) is 10.1. The monoisotopic (exact) mass is 333 g/mol. The number of carbonyl (C=O) groups excluding carboxylic acids is 1. The van der Waals surface area contributed by atoms with Crippen LogP contribution in [0.25, 0.3) is 0 Å². The van der Waals surface area contributed by atoms with Crippen LogP contribution < -0.4 is 5.32 Å². The summed E-state index contributed by atoms with van der Waals surface area (Å²) in [5, 5.41) is 11.7. The molecule has 5 heteroatoms. The van der Waals surface area contributed by atoms with Gasteiger partial charge in [0.25, 0.3) is 5.91 Å². The Morgan fingerprint density at radius 3 is 2.55 bits per heavy atom. The van der Waals surface area contributed by atoms with Crippen LogP contribution >= 0.6 is 15.9 Å². The van der Waals surface area contributed by atoms with Crippen LogP contribution in [0.4, 0.5) is 0 Å². The van der Waals surface area contributed by atoms with Crippen molar-refractivity contribution in [2.24, 2.45) is 0 Å². The minimum absolute atomic E-state index is 0.206. The van der Waals surface area contributed by atoms with Gasteiger partial charge in [0.15, 0.2) is 0 Å². The van der Waals surface area contributed by atoms with Crippen molar-refractivity contribution in [3.8, 4) is 0 Å². The number of benzene rings is 2. The Bertz CT molecular complexity index is 655. The average Bonchev–Trinajstić information content (AvgIpc) is 2.45. The molecule has 4 nitrogen and oxygen atoms in total. The summed E-state index contributed by atoms with van der Waals surface area (Å²) in [6.07, 6.45) is 0. The van der Waals surface area contributed by atoms with Crippen molar-refractivity contribution >= 4 is 27.8 Å². The van der Waals surface area contributed by atoms with Gasteiger partial charge in [-0.3, -0.25) is 4.79 Å². The SMILES string of the molecule is O=C(O)c1cccc(CNC(=O)c2ccccc2Br)c1. The molecule has 2 N–H and O–H groups in total. The largest absolute Gasteiger partial charge is 0.478 e. The molecule has 0 saturated heterocycles. The number of rotatable bonds is 4. The Labute approximate surface area is 124 Å². The molecule has 0 bridgehead atoms. The van der Waals surface area contributed by atoms with Crippen molar-refractivity contribution < 1.29 is 14.7 Å². The summed E-state index contributed by atoms with van der Waals surface area (Å²) in [7, 11) is 0. The van der Waals surface area contributed by atoms with E-state index >= 15 is 0 Å². The van der Waals surface area contributed by atoms with E-state index < -0.39 is 5.97 Å². The van der Waals surface area contributed by atoms with Gasteiger partial charge in [0.05, 0.1) is 11.1 Å². The Morgan fingerprint density at radius 2 is 1.85 bits per heavy atom. The average molecular weight is 334 g/mol. The van der Waals surface area contributed by atoms with E-state index in [2.05, 4.69) is 21.2 Å². The van der Waals surface area contributed by atoms with Crippen molar-refractivity contribution in [1.29, 1.82) is 0 Å². The molecule has 2 aromatic rings. The standard InChI is InChI=1S/C15H12BrNO3/c16-13-7-2-1-6-12(13)14(18)17-9-10-4-3-5-11(8-10)15(19)20/h1-8H,9H2,(H,17,18)(H,19,20). The minimum Gasteiger partial charge on any atom is -0.478 e. The molecular formula is C15H12BrNO3. The summed E-state index contributed by atoms with van der Waals surface area (Å²) >= 11 is 3.32. The maximum Gasteiger partial charge on any atom is 0.335 e. The smallest absolute Gasteiger partial charge is 0.335 e. The van der Waals surface area contributed by atoms with E-state index in [9.17, 15) is 9.59 Å². The van der Waals surface area contributed by atoms with E-state index in [1.165, 1.54) is 6.07 Å². The molecule has 0 atom stereocenters. The van der Waals surface area contributed by atoms with E-state index in [-0.39, 0.29) is 18.0 Å². The van der Waals surface area contributed by atoms with E-state index in [1.807, 2.05) is 6.07 Å². The first kappa shape index (κ1) is 14.3. The number of nitrogens with one attached hydrogen (secondary N) is 1. The number of aromatic carboxylic acids is 1. The van der Waals surface area contributed by atoms with Gasteiger partial charge in [0, 0.05) is 11.0 Å². The summed E-state index contributed by atoms with van der Waals surface area (Å²) in [6, 6.07) is 13.6. The lowest BCUT2D eigenvalue weighted by Gasteiger charge is -2.07. The summed E-state index contributed by atoms with van der Waals surface area (Å²) in [5.74, 6) is -1.19. The van der Waals surface area contributed by atoms with Crippen molar-refractivity contribution in [3.63, 3.8) is 0 Å². The maximum atomic E-state index is 12.0. The molecule has 2 rings (SSSR count). The molecule has 0 aliphatic carbocycles. The van der Waals surface area contributed by atoms with Gasteiger partial charge in [-0.25, -0.2) is 4.79 Å².